The molecule has 0 saturated heterocycles. The highest BCUT2D eigenvalue weighted by Gasteiger charge is 2.32. The van der Waals surface area contributed by atoms with Crippen molar-refractivity contribution in [3.05, 3.63) is 205 Å². The van der Waals surface area contributed by atoms with Gasteiger partial charge in [0.25, 0.3) is 0 Å². The zero-order chi connectivity index (χ0) is 45.9. The van der Waals surface area contributed by atoms with E-state index in [4.69, 9.17) is 13.3 Å². The maximum atomic E-state index is 11.8. The first-order chi connectivity index (χ1) is 34.7. The molecule has 0 spiro atoms. The maximum Gasteiger partial charge on any atom is 0.214 e. The van der Waals surface area contributed by atoms with E-state index < -0.39 is 0 Å². The number of nitrogens with zero attached hydrogens (tertiary/aromatic N) is 5. The molecule has 0 unspecified atom stereocenters. The van der Waals surface area contributed by atoms with Crippen molar-refractivity contribution in [2.24, 2.45) is 0 Å². The van der Waals surface area contributed by atoms with E-state index in [0.717, 1.165) is 114 Å². The molecule has 70 heavy (non-hydrogen) atoms. The molecule has 10 aromatic carbocycles. The van der Waals surface area contributed by atoms with Crippen LogP contribution in [0.25, 0.3) is 153 Å². The smallest absolute Gasteiger partial charge is 0.214 e. The van der Waals surface area contributed by atoms with Crippen LogP contribution in [-0.4, -0.2) is 13.7 Å². The Morgan fingerprint density at radius 1 is 0.357 bits per heavy atom. The van der Waals surface area contributed by atoms with E-state index in [1.54, 1.807) is 6.07 Å². The highest BCUT2D eigenvalue weighted by atomic mass is 16.3. The zero-order valence-corrected chi connectivity index (χ0v) is 36.9. The minimum absolute atomic E-state index is 0.295. The van der Waals surface area contributed by atoms with Crippen LogP contribution in [-0.2, 0) is 0 Å². The monoisotopic (exact) mass is 893 g/mol. The Labute approximate surface area is 395 Å². The van der Waals surface area contributed by atoms with Gasteiger partial charge in [-0.05, 0) is 60.7 Å². The molecule has 0 amide bonds. The second kappa shape index (κ2) is 13.3. The number of furan rings is 3. The lowest BCUT2D eigenvalue weighted by molar-refractivity contribution is 0.670. The van der Waals surface area contributed by atoms with Gasteiger partial charge in [0.15, 0.2) is 16.7 Å². The van der Waals surface area contributed by atoms with E-state index in [2.05, 4.69) is 134 Å². The lowest BCUT2D eigenvalue weighted by atomic mass is 10.0. The Balaban J connectivity index is 1.22. The molecule has 0 N–H and O–H groups in total. The summed E-state index contributed by atoms with van der Waals surface area (Å²) in [6, 6.07) is 66.8. The molecule has 6 aromatic heterocycles. The van der Waals surface area contributed by atoms with Crippen molar-refractivity contribution in [1.82, 2.24) is 13.7 Å². The number of fused-ring (bicyclic) bond motifs is 21. The van der Waals surface area contributed by atoms with E-state index in [1.165, 1.54) is 0 Å². The van der Waals surface area contributed by atoms with Crippen LogP contribution < -0.4 is 0 Å². The third-order valence-electron chi connectivity index (χ3n) is 14.7. The summed E-state index contributed by atoms with van der Waals surface area (Å²) in [5.41, 5.74) is 11.9. The summed E-state index contributed by atoms with van der Waals surface area (Å²) in [5, 5.41) is 23.5. The normalized spacial score (nSPS) is 12.3. The highest BCUT2D eigenvalue weighted by molar-refractivity contribution is 6.26. The first-order valence-corrected chi connectivity index (χ1v) is 23.2. The van der Waals surface area contributed by atoms with Crippen LogP contribution in [0.3, 0.4) is 0 Å². The Kier molecular flexibility index (Phi) is 7.06. The van der Waals surface area contributed by atoms with E-state index in [0.29, 0.717) is 45.1 Å². The number of para-hydroxylation sites is 6. The Bertz CT molecular complexity index is 4890. The molecule has 16 rings (SSSR count). The molecular weight excluding hydrogens is 863 g/mol. The lowest BCUT2D eigenvalue weighted by Crippen LogP contribution is -2.11. The third-order valence-corrected chi connectivity index (χ3v) is 14.7. The molecule has 8 nitrogen and oxygen atoms in total. The predicted molar refractivity (Wildman–Crippen MR) is 282 cm³/mol. The van der Waals surface area contributed by atoms with Crippen molar-refractivity contribution < 1.29 is 13.3 Å². The minimum atomic E-state index is 0.295. The van der Waals surface area contributed by atoms with Gasteiger partial charge >= 0.3 is 0 Å². The van der Waals surface area contributed by atoms with Crippen LogP contribution in [0.1, 0.15) is 5.56 Å². The largest absolute Gasteiger partial charge is 0.454 e. The molecule has 8 heteroatoms. The van der Waals surface area contributed by atoms with Gasteiger partial charge in [-0.2, -0.15) is 5.26 Å². The molecule has 0 atom stereocenters. The van der Waals surface area contributed by atoms with Crippen LogP contribution in [0, 0.1) is 17.9 Å². The third kappa shape index (κ3) is 4.57. The van der Waals surface area contributed by atoms with Gasteiger partial charge in [0, 0.05) is 64.6 Å². The SMILES string of the molecule is [C-]#[N+]c1cc(C#N)c(-n2c3ccccc3c3ccc4c5ccccc5oc4c32)c(-n2c3ccccc3c3ccc4c5ccccc5oc4c32)c1-n1c2ccccc2c2ccc3c4ccccc4oc3c21. The number of rotatable bonds is 3. The second-order valence-corrected chi connectivity index (χ2v) is 18.1. The average molecular weight is 894 g/mol. The summed E-state index contributed by atoms with van der Waals surface area (Å²) in [6.45, 7) is 9.18. The van der Waals surface area contributed by atoms with E-state index in [1.807, 2.05) is 72.8 Å². The summed E-state index contributed by atoms with van der Waals surface area (Å²) in [4.78, 5) is 4.41. The van der Waals surface area contributed by atoms with Crippen LogP contribution in [0.4, 0.5) is 5.69 Å². The number of benzene rings is 10. The van der Waals surface area contributed by atoms with Gasteiger partial charge in [0.05, 0.1) is 62.3 Å². The molecule has 6 heterocycles. The first kappa shape index (κ1) is 37.1. The number of hydrogen-bond acceptors (Lipinski definition) is 4. The van der Waals surface area contributed by atoms with Crippen molar-refractivity contribution in [1.29, 1.82) is 5.26 Å². The lowest BCUT2D eigenvalue weighted by Gasteiger charge is -2.24. The van der Waals surface area contributed by atoms with Crippen LogP contribution in [0.15, 0.2) is 201 Å². The van der Waals surface area contributed by atoms with E-state index in [-0.39, 0.29) is 0 Å². The zero-order valence-electron chi connectivity index (χ0n) is 36.9. The van der Waals surface area contributed by atoms with Gasteiger partial charge in [0.2, 0.25) is 5.69 Å². The summed E-state index contributed by atoms with van der Waals surface area (Å²) in [6.07, 6.45) is 0. The fraction of sp³-hybridized carbons (Fsp3) is 0. The molecular formula is C62H31N5O3. The number of hydrogen-bond donors (Lipinski definition) is 0. The summed E-state index contributed by atoms with van der Waals surface area (Å²) in [7, 11) is 0. The van der Waals surface area contributed by atoms with Gasteiger partial charge < -0.3 is 27.0 Å². The highest BCUT2D eigenvalue weighted by Crippen LogP contribution is 2.51. The molecule has 0 bridgehead atoms. The Morgan fingerprint density at radius 3 is 1.07 bits per heavy atom. The van der Waals surface area contributed by atoms with Gasteiger partial charge in [0.1, 0.15) is 22.8 Å². The Morgan fingerprint density at radius 2 is 0.686 bits per heavy atom. The predicted octanol–water partition coefficient (Wildman–Crippen LogP) is 17.1. The molecule has 0 aliphatic carbocycles. The van der Waals surface area contributed by atoms with Crippen LogP contribution in [0.2, 0.25) is 0 Å². The van der Waals surface area contributed by atoms with Crippen molar-refractivity contribution >= 4 is 137 Å². The van der Waals surface area contributed by atoms with E-state index in [9.17, 15) is 11.8 Å². The summed E-state index contributed by atoms with van der Waals surface area (Å²) < 4.78 is 27.6. The first-order valence-electron chi connectivity index (χ1n) is 23.2. The molecule has 0 saturated carbocycles. The van der Waals surface area contributed by atoms with Crippen molar-refractivity contribution in [3.63, 3.8) is 0 Å². The van der Waals surface area contributed by atoms with Crippen molar-refractivity contribution in [2.45, 2.75) is 0 Å². The van der Waals surface area contributed by atoms with Gasteiger partial charge in [-0.1, -0.05) is 127 Å². The van der Waals surface area contributed by atoms with Crippen LogP contribution in [0.5, 0.6) is 0 Å². The number of aromatic nitrogens is 3. The van der Waals surface area contributed by atoms with Gasteiger partial charge in [-0.15, -0.1) is 0 Å². The molecule has 16 aromatic rings. The fourth-order valence-corrected chi connectivity index (χ4v) is 11.9. The van der Waals surface area contributed by atoms with Crippen molar-refractivity contribution in [2.75, 3.05) is 0 Å². The number of nitriles is 1. The second-order valence-electron chi connectivity index (χ2n) is 18.1. The average Bonchev–Trinajstić information content (AvgIpc) is 4.27. The quantitative estimate of drug-likeness (QED) is 0.165. The molecule has 0 radical (unpaired) electrons. The molecule has 0 aliphatic rings. The molecule has 322 valence electrons. The maximum absolute atomic E-state index is 11.8. The summed E-state index contributed by atoms with van der Waals surface area (Å²) in [5.74, 6) is 0. The van der Waals surface area contributed by atoms with Crippen LogP contribution >= 0.6 is 0 Å². The van der Waals surface area contributed by atoms with Crippen molar-refractivity contribution in [3.8, 4) is 23.1 Å². The topological polar surface area (TPSA) is 82.4 Å². The van der Waals surface area contributed by atoms with Gasteiger partial charge in [-0.25, -0.2) is 4.85 Å². The minimum Gasteiger partial charge on any atom is -0.454 e. The fourth-order valence-electron chi connectivity index (χ4n) is 11.9. The standard InChI is InChI=1S/C62H31N5O3/c1-64-47-32-34(33-63)54(65-48-20-8-2-14-35(48)41-26-29-44-38-17-5-11-23-51(38)68-60(44)55(41)65)59(67-50-22-10-4-16-37(50)43-28-31-46-40-19-7-13-25-53(40)70-62(46)57(43)67)58(47)66-49-21-9-3-15-36(49)42-27-30-45-39-18-6-12-24-52(39)69-61(45)56(42)66/h2-32H. The Hall–Kier alpha value is -10.0. The van der Waals surface area contributed by atoms with E-state index >= 15 is 0 Å². The molecule has 0 aliphatic heterocycles. The molecule has 0 fully saturated rings. The summed E-state index contributed by atoms with van der Waals surface area (Å²) >= 11 is 0. The van der Waals surface area contributed by atoms with Gasteiger partial charge in [-0.3, -0.25) is 0 Å².